The van der Waals surface area contributed by atoms with E-state index in [1.54, 1.807) is 0 Å². The lowest BCUT2D eigenvalue weighted by atomic mass is 10.1. The molecular weight excluding hydrogens is 309 g/mol. The van der Waals surface area contributed by atoms with Gasteiger partial charge in [0.2, 0.25) is 5.82 Å². The SMILES string of the molecule is Cc1c[nH]c2ccc(-c3noc(C(Cl)(Cl)Cl)n3)cc12. The second-order valence-corrected chi connectivity index (χ2v) is 6.43. The van der Waals surface area contributed by atoms with E-state index in [1.807, 2.05) is 31.3 Å². The van der Waals surface area contributed by atoms with Gasteiger partial charge in [-0.1, -0.05) is 40.0 Å². The number of nitrogens with zero attached hydrogens (tertiary/aromatic N) is 2. The van der Waals surface area contributed by atoms with E-state index in [4.69, 9.17) is 39.3 Å². The first-order valence-electron chi connectivity index (χ1n) is 5.44. The molecule has 4 nitrogen and oxygen atoms in total. The number of fused-ring (bicyclic) bond motifs is 1. The topological polar surface area (TPSA) is 54.7 Å². The number of hydrogen-bond acceptors (Lipinski definition) is 3. The van der Waals surface area contributed by atoms with E-state index < -0.39 is 3.79 Å². The van der Waals surface area contributed by atoms with Gasteiger partial charge in [-0.25, -0.2) is 0 Å². The fourth-order valence-corrected chi connectivity index (χ4v) is 2.09. The van der Waals surface area contributed by atoms with Crippen molar-refractivity contribution in [3.63, 3.8) is 0 Å². The molecule has 1 N–H and O–H groups in total. The third-order valence-electron chi connectivity index (χ3n) is 2.82. The van der Waals surface area contributed by atoms with E-state index in [0.29, 0.717) is 5.82 Å². The van der Waals surface area contributed by atoms with Gasteiger partial charge in [0, 0.05) is 22.7 Å². The largest absolute Gasteiger partial charge is 0.361 e. The lowest BCUT2D eigenvalue weighted by Gasteiger charge is -2.01. The Bertz CT molecular complexity index is 742. The summed E-state index contributed by atoms with van der Waals surface area (Å²) in [5, 5.41) is 4.92. The van der Waals surface area contributed by atoms with E-state index in [-0.39, 0.29) is 5.89 Å². The van der Waals surface area contributed by atoms with Crippen molar-refractivity contribution in [2.45, 2.75) is 10.7 Å². The number of aromatic nitrogens is 3. The van der Waals surface area contributed by atoms with Gasteiger partial charge in [0.15, 0.2) is 0 Å². The average molecular weight is 317 g/mol. The minimum Gasteiger partial charge on any atom is -0.361 e. The molecule has 0 saturated carbocycles. The Hall–Kier alpha value is -1.23. The van der Waals surface area contributed by atoms with Gasteiger partial charge >= 0.3 is 0 Å². The van der Waals surface area contributed by atoms with Gasteiger partial charge in [-0.3, -0.25) is 0 Å². The van der Waals surface area contributed by atoms with E-state index in [9.17, 15) is 0 Å². The monoisotopic (exact) mass is 315 g/mol. The Labute approximate surface area is 123 Å². The third kappa shape index (κ3) is 2.31. The zero-order valence-electron chi connectivity index (χ0n) is 9.75. The van der Waals surface area contributed by atoms with Crippen molar-refractivity contribution in [3.8, 4) is 11.4 Å². The lowest BCUT2D eigenvalue weighted by molar-refractivity contribution is 0.383. The van der Waals surface area contributed by atoms with Crippen LogP contribution in [0.1, 0.15) is 11.5 Å². The predicted octanol–water partition coefficient (Wildman–Crippen LogP) is 4.35. The van der Waals surface area contributed by atoms with Crippen molar-refractivity contribution in [1.82, 2.24) is 15.1 Å². The molecule has 0 unspecified atom stereocenters. The summed E-state index contributed by atoms with van der Waals surface area (Å²) in [5.74, 6) is 0.349. The van der Waals surface area contributed by atoms with Crippen LogP contribution >= 0.6 is 34.8 Å². The minimum absolute atomic E-state index is 0.0432. The van der Waals surface area contributed by atoms with Crippen LogP contribution in [-0.2, 0) is 3.79 Å². The molecule has 0 aliphatic rings. The molecule has 0 fully saturated rings. The first-order valence-corrected chi connectivity index (χ1v) is 6.57. The maximum absolute atomic E-state index is 5.69. The summed E-state index contributed by atoms with van der Waals surface area (Å²) in [6, 6.07) is 5.79. The number of halogens is 3. The van der Waals surface area contributed by atoms with Crippen molar-refractivity contribution in [3.05, 3.63) is 35.9 Å². The van der Waals surface area contributed by atoms with E-state index in [2.05, 4.69) is 15.1 Å². The number of aryl methyl sites for hydroxylation is 1. The molecule has 0 atom stereocenters. The van der Waals surface area contributed by atoms with Crippen LogP contribution < -0.4 is 0 Å². The number of benzene rings is 1. The second-order valence-electron chi connectivity index (χ2n) is 4.15. The van der Waals surface area contributed by atoms with E-state index >= 15 is 0 Å². The molecule has 1 aromatic carbocycles. The molecule has 2 aromatic heterocycles. The van der Waals surface area contributed by atoms with Crippen molar-refractivity contribution >= 4 is 45.7 Å². The van der Waals surface area contributed by atoms with Crippen LogP contribution in [0.3, 0.4) is 0 Å². The van der Waals surface area contributed by atoms with Gasteiger partial charge < -0.3 is 9.51 Å². The van der Waals surface area contributed by atoms with Crippen LogP contribution in [0.2, 0.25) is 0 Å². The van der Waals surface area contributed by atoms with E-state index in [1.165, 1.54) is 0 Å². The Kier molecular flexibility index (Phi) is 2.96. The molecule has 0 saturated heterocycles. The molecule has 0 spiro atoms. The first-order chi connectivity index (χ1) is 8.95. The number of rotatable bonds is 1. The molecule has 98 valence electrons. The summed E-state index contributed by atoms with van der Waals surface area (Å²) in [7, 11) is 0. The maximum atomic E-state index is 5.69. The van der Waals surface area contributed by atoms with Gasteiger partial charge in [-0.05, 0) is 30.7 Å². The molecule has 7 heteroatoms. The highest BCUT2D eigenvalue weighted by molar-refractivity contribution is 6.66. The van der Waals surface area contributed by atoms with Crippen molar-refractivity contribution < 1.29 is 4.52 Å². The predicted molar refractivity (Wildman–Crippen MR) is 75.6 cm³/mol. The van der Waals surface area contributed by atoms with Crippen LogP contribution in [0, 0.1) is 6.92 Å². The summed E-state index contributed by atoms with van der Waals surface area (Å²) < 4.78 is 3.23. The highest BCUT2D eigenvalue weighted by Crippen LogP contribution is 2.37. The number of H-pyrrole nitrogens is 1. The zero-order valence-corrected chi connectivity index (χ0v) is 12.0. The van der Waals surface area contributed by atoms with E-state index in [0.717, 1.165) is 22.0 Å². The van der Waals surface area contributed by atoms with Crippen molar-refractivity contribution in [2.75, 3.05) is 0 Å². The molecule has 0 aliphatic heterocycles. The normalized spacial score (nSPS) is 12.2. The van der Waals surface area contributed by atoms with Crippen LogP contribution in [0.15, 0.2) is 28.9 Å². The highest BCUT2D eigenvalue weighted by atomic mass is 35.6. The molecule has 19 heavy (non-hydrogen) atoms. The Morgan fingerprint density at radius 1 is 1.26 bits per heavy atom. The van der Waals surface area contributed by atoms with Gasteiger partial charge in [-0.2, -0.15) is 4.98 Å². The summed E-state index contributed by atoms with van der Waals surface area (Å²) in [6.07, 6.45) is 1.94. The fourth-order valence-electron chi connectivity index (χ4n) is 1.86. The molecule has 2 heterocycles. The van der Waals surface area contributed by atoms with Crippen LogP contribution in [0.25, 0.3) is 22.3 Å². The highest BCUT2D eigenvalue weighted by Gasteiger charge is 2.30. The molecule has 3 rings (SSSR count). The quantitative estimate of drug-likeness (QED) is 0.679. The number of hydrogen-bond donors (Lipinski definition) is 1. The van der Waals surface area contributed by atoms with Crippen molar-refractivity contribution in [2.24, 2.45) is 0 Å². The Balaban J connectivity index is 2.08. The fraction of sp³-hybridized carbons (Fsp3) is 0.167. The second kappa shape index (κ2) is 4.40. The van der Waals surface area contributed by atoms with Gasteiger partial charge in [0.25, 0.3) is 9.68 Å². The lowest BCUT2D eigenvalue weighted by Crippen LogP contribution is -1.99. The Morgan fingerprint density at radius 2 is 2.05 bits per heavy atom. The average Bonchev–Trinajstić information content (AvgIpc) is 2.96. The number of aromatic amines is 1. The Morgan fingerprint density at radius 3 is 2.74 bits per heavy atom. The van der Waals surface area contributed by atoms with Crippen LogP contribution in [0.5, 0.6) is 0 Å². The van der Waals surface area contributed by atoms with Gasteiger partial charge in [0.05, 0.1) is 0 Å². The maximum Gasteiger partial charge on any atom is 0.279 e. The number of alkyl halides is 3. The first kappa shape index (κ1) is 12.8. The smallest absolute Gasteiger partial charge is 0.279 e. The van der Waals surface area contributed by atoms with Crippen LogP contribution in [-0.4, -0.2) is 15.1 Å². The van der Waals surface area contributed by atoms with Crippen LogP contribution in [0.4, 0.5) is 0 Å². The summed E-state index contributed by atoms with van der Waals surface area (Å²) >= 11 is 17.1. The number of nitrogens with one attached hydrogen (secondary N) is 1. The standard InChI is InChI=1S/C12H8Cl3N3O/c1-6-5-16-9-3-2-7(4-8(6)9)10-17-11(19-18-10)12(13,14)15/h2-5,16H,1H3. The molecule has 3 aromatic rings. The molecule has 0 bridgehead atoms. The zero-order chi connectivity index (χ0) is 13.6. The van der Waals surface area contributed by atoms with Gasteiger partial charge in [-0.15, -0.1) is 0 Å². The third-order valence-corrected chi connectivity index (χ3v) is 3.30. The summed E-state index contributed by atoms with van der Waals surface area (Å²) in [5.41, 5.74) is 2.99. The minimum atomic E-state index is -1.71. The summed E-state index contributed by atoms with van der Waals surface area (Å²) in [6.45, 7) is 2.02. The van der Waals surface area contributed by atoms with Gasteiger partial charge in [0.1, 0.15) is 0 Å². The molecule has 0 aliphatic carbocycles. The molecule has 0 radical (unpaired) electrons. The molecule has 0 amide bonds. The van der Waals surface area contributed by atoms with Crippen molar-refractivity contribution in [1.29, 1.82) is 0 Å². The molecular formula is C12H8Cl3N3O. The summed E-state index contributed by atoms with van der Waals surface area (Å²) in [4.78, 5) is 7.26.